The summed E-state index contributed by atoms with van der Waals surface area (Å²) in [6.45, 7) is 6.72. The molecule has 0 aromatic carbocycles. The van der Waals surface area contributed by atoms with E-state index >= 15 is 0 Å². The summed E-state index contributed by atoms with van der Waals surface area (Å²) >= 11 is 1.91. The first kappa shape index (κ1) is 11.2. The van der Waals surface area contributed by atoms with E-state index in [1.165, 1.54) is 24.8 Å². The van der Waals surface area contributed by atoms with Gasteiger partial charge in [-0.3, -0.25) is 0 Å². The normalized spacial score (nSPS) is 26.6. The number of epoxide rings is 1. The molecular formula is C13H20OS. The Kier molecular flexibility index (Phi) is 3.47. The van der Waals surface area contributed by atoms with Crippen LogP contribution in [0.15, 0.2) is 11.4 Å². The summed E-state index contributed by atoms with van der Waals surface area (Å²) in [6.07, 6.45) is 4.72. The van der Waals surface area contributed by atoms with Crippen molar-refractivity contribution in [3.8, 4) is 0 Å². The van der Waals surface area contributed by atoms with Gasteiger partial charge < -0.3 is 4.74 Å². The molecule has 15 heavy (non-hydrogen) atoms. The molecule has 1 aromatic heterocycles. The molecule has 1 aromatic rings. The molecule has 0 saturated carbocycles. The Hall–Kier alpha value is -0.340. The van der Waals surface area contributed by atoms with Crippen LogP contribution in [0.4, 0.5) is 0 Å². The lowest BCUT2D eigenvalue weighted by molar-refractivity contribution is 0.349. The van der Waals surface area contributed by atoms with Gasteiger partial charge in [-0.2, -0.15) is 0 Å². The molecule has 0 amide bonds. The van der Waals surface area contributed by atoms with Crippen molar-refractivity contribution in [1.82, 2.24) is 0 Å². The highest BCUT2D eigenvalue weighted by molar-refractivity contribution is 7.10. The quantitative estimate of drug-likeness (QED) is 0.685. The third-order valence-electron chi connectivity index (χ3n) is 3.37. The van der Waals surface area contributed by atoms with E-state index in [1.807, 2.05) is 11.3 Å². The molecule has 3 unspecified atom stereocenters. The second kappa shape index (κ2) is 4.67. The first-order valence-electron chi connectivity index (χ1n) is 5.95. The molecule has 0 aliphatic carbocycles. The minimum absolute atomic E-state index is 0.543. The fourth-order valence-electron chi connectivity index (χ4n) is 2.29. The van der Waals surface area contributed by atoms with E-state index in [4.69, 9.17) is 4.74 Å². The summed E-state index contributed by atoms with van der Waals surface area (Å²) in [5.41, 5.74) is 1.46. The van der Waals surface area contributed by atoms with Gasteiger partial charge in [-0.25, -0.2) is 0 Å². The Balaban J connectivity index is 1.97. The smallest absolute Gasteiger partial charge is 0.0847 e. The summed E-state index contributed by atoms with van der Waals surface area (Å²) in [6, 6.07) is 2.23. The lowest BCUT2D eigenvalue weighted by atomic mass is 9.95. The SMILES string of the molecule is CCC(CC1OC1CC)c1sccc1C. The summed E-state index contributed by atoms with van der Waals surface area (Å²) in [5, 5.41) is 2.21. The summed E-state index contributed by atoms with van der Waals surface area (Å²) in [7, 11) is 0. The Morgan fingerprint density at radius 3 is 2.67 bits per heavy atom. The summed E-state index contributed by atoms with van der Waals surface area (Å²) < 4.78 is 5.64. The largest absolute Gasteiger partial charge is 0.370 e. The molecule has 2 heteroatoms. The molecule has 1 nitrogen and oxygen atoms in total. The summed E-state index contributed by atoms with van der Waals surface area (Å²) in [4.78, 5) is 1.57. The van der Waals surface area contributed by atoms with E-state index in [9.17, 15) is 0 Å². The zero-order valence-corrected chi connectivity index (χ0v) is 10.6. The average Bonchev–Trinajstić information content (AvgIpc) is 2.88. The predicted molar refractivity (Wildman–Crippen MR) is 65.7 cm³/mol. The van der Waals surface area contributed by atoms with E-state index < -0.39 is 0 Å². The van der Waals surface area contributed by atoms with Gasteiger partial charge in [-0.1, -0.05) is 13.8 Å². The second-order valence-corrected chi connectivity index (χ2v) is 5.38. The maximum absolute atomic E-state index is 5.64. The maximum Gasteiger partial charge on any atom is 0.0847 e. The molecule has 0 spiro atoms. The standard InChI is InChI=1S/C13H20OS/c1-4-10(8-12-11(5-2)14-12)13-9(3)6-7-15-13/h6-7,10-12H,4-5,8H2,1-3H3. The average molecular weight is 224 g/mol. The number of rotatable bonds is 5. The van der Waals surface area contributed by atoms with Crippen molar-refractivity contribution in [2.75, 3.05) is 0 Å². The Morgan fingerprint density at radius 1 is 1.40 bits per heavy atom. The lowest BCUT2D eigenvalue weighted by Gasteiger charge is -2.12. The van der Waals surface area contributed by atoms with Crippen LogP contribution >= 0.6 is 11.3 Å². The number of thiophene rings is 1. The van der Waals surface area contributed by atoms with Crippen LogP contribution < -0.4 is 0 Å². The fraction of sp³-hybridized carbons (Fsp3) is 0.692. The van der Waals surface area contributed by atoms with E-state index in [0.717, 1.165) is 0 Å². The van der Waals surface area contributed by atoms with Crippen LogP contribution in [0.5, 0.6) is 0 Å². The van der Waals surface area contributed by atoms with Gasteiger partial charge in [-0.05, 0) is 49.1 Å². The summed E-state index contributed by atoms with van der Waals surface area (Å²) in [5.74, 6) is 0.714. The van der Waals surface area contributed by atoms with Crippen LogP contribution in [0, 0.1) is 6.92 Å². The maximum atomic E-state index is 5.64. The van der Waals surface area contributed by atoms with Gasteiger partial charge in [0.15, 0.2) is 0 Å². The van der Waals surface area contributed by atoms with Gasteiger partial charge in [0.2, 0.25) is 0 Å². The van der Waals surface area contributed by atoms with Crippen molar-refractivity contribution >= 4 is 11.3 Å². The van der Waals surface area contributed by atoms with Gasteiger partial charge in [0.25, 0.3) is 0 Å². The molecule has 1 saturated heterocycles. The zero-order chi connectivity index (χ0) is 10.8. The number of hydrogen-bond acceptors (Lipinski definition) is 2. The first-order chi connectivity index (χ1) is 7.26. The van der Waals surface area contributed by atoms with E-state index in [-0.39, 0.29) is 0 Å². The minimum Gasteiger partial charge on any atom is -0.370 e. The van der Waals surface area contributed by atoms with Crippen molar-refractivity contribution in [2.24, 2.45) is 0 Å². The van der Waals surface area contributed by atoms with Gasteiger partial charge in [0, 0.05) is 4.88 Å². The third-order valence-corrected chi connectivity index (χ3v) is 4.55. The van der Waals surface area contributed by atoms with Crippen LogP contribution in [0.25, 0.3) is 0 Å². The molecule has 2 heterocycles. The first-order valence-corrected chi connectivity index (χ1v) is 6.83. The van der Waals surface area contributed by atoms with Crippen molar-refractivity contribution in [3.63, 3.8) is 0 Å². The van der Waals surface area contributed by atoms with Gasteiger partial charge in [-0.15, -0.1) is 11.3 Å². The molecule has 1 aliphatic heterocycles. The molecule has 1 fully saturated rings. The molecule has 0 radical (unpaired) electrons. The van der Waals surface area contributed by atoms with Gasteiger partial charge >= 0.3 is 0 Å². The third kappa shape index (κ3) is 2.43. The van der Waals surface area contributed by atoms with E-state index in [2.05, 4.69) is 32.2 Å². The highest BCUT2D eigenvalue weighted by Crippen LogP contribution is 2.38. The second-order valence-electron chi connectivity index (χ2n) is 4.43. The van der Waals surface area contributed by atoms with Crippen LogP contribution in [0.1, 0.15) is 49.5 Å². The number of hydrogen-bond donors (Lipinski definition) is 0. The van der Waals surface area contributed by atoms with Crippen LogP contribution in [0.3, 0.4) is 0 Å². The topological polar surface area (TPSA) is 12.5 Å². The molecule has 0 bridgehead atoms. The zero-order valence-electron chi connectivity index (χ0n) is 9.82. The molecule has 2 rings (SSSR count). The van der Waals surface area contributed by atoms with E-state index in [0.29, 0.717) is 18.1 Å². The van der Waals surface area contributed by atoms with Crippen molar-refractivity contribution in [1.29, 1.82) is 0 Å². The van der Waals surface area contributed by atoms with Crippen LogP contribution in [0.2, 0.25) is 0 Å². The highest BCUT2D eigenvalue weighted by atomic mass is 32.1. The van der Waals surface area contributed by atoms with Crippen molar-refractivity contribution in [3.05, 3.63) is 21.9 Å². The molecule has 3 atom stereocenters. The van der Waals surface area contributed by atoms with Crippen LogP contribution in [-0.2, 0) is 4.74 Å². The Labute approximate surface area is 96.5 Å². The highest BCUT2D eigenvalue weighted by Gasteiger charge is 2.38. The lowest BCUT2D eigenvalue weighted by Crippen LogP contribution is -2.03. The monoisotopic (exact) mass is 224 g/mol. The fourth-order valence-corrected chi connectivity index (χ4v) is 3.42. The molecule has 84 valence electrons. The molecule has 0 N–H and O–H groups in total. The Bertz CT molecular complexity index is 318. The molecule has 1 aliphatic rings. The van der Waals surface area contributed by atoms with Crippen LogP contribution in [-0.4, -0.2) is 12.2 Å². The minimum atomic E-state index is 0.543. The van der Waals surface area contributed by atoms with Gasteiger partial charge in [0.05, 0.1) is 12.2 Å². The van der Waals surface area contributed by atoms with Gasteiger partial charge in [0.1, 0.15) is 0 Å². The number of ether oxygens (including phenoxy) is 1. The number of aryl methyl sites for hydroxylation is 1. The molecular weight excluding hydrogens is 204 g/mol. The predicted octanol–water partition coefficient (Wildman–Crippen LogP) is 4.12. The van der Waals surface area contributed by atoms with Crippen molar-refractivity contribution < 1.29 is 4.74 Å². The van der Waals surface area contributed by atoms with Crippen molar-refractivity contribution in [2.45, 2.75) is 58.2 Å². The Morgan fingerprint density at radius 2 is 2.20 bits per heavy atom. The van der Waals surface area contributed by atoms with E-state index in [1.54, 1.807) is 4.88 Å².